The number of nitrogens with one attached hydrogen (secondary N) is 1. The molecule has 0 bridgehead atoms. The molecule has 0 unspecified atom stereocenters. The average Bonchev–Trinajstić information content (AvgIpc) is 2.70. The largest absolute Gasteiger partial charge is 0.444 e. The fourth-order valence-electron chi connectivity index (χ4n) is 1.53. The molecule has 2 heterocycles. The topological polar surface area (TPSA) is 88.8 Å². The first kappa shape index (κ1) is 13.3. The Morgan fingerprint density at radius 3 is 2.89 bits per heavy atom. The lowest BCUT2D eigenvalue weighted by molar-refractivity contribution is 0.0636. The van der Waals surface area contributed by atoms with Gasteiger partial charge in [-0.1, -0.05) is 0 Å². The molecule has 7 heteroatoms. The van der Waals surface area contributed by atoms with E-state index in [4.69, 9.17) is 9.84 Å². The van der Waals surface area contributed by atoms with Crippen molar-refractivity contribution in [2.24, 2.45) is 0 Å². The zero-order valence-corrected chi connectivity index (χ0v) is 11.0. The molecule has 0 radical (unpaired) electrons. The van der Waals surface area contributed by atoms with Crippen LogP contribution in [0.4, 0.5) is 10.5 Å². The summed E-state index contributed by atoms with van der Waals surface area (Å²) in [5.41, 5.74) is 0.839. The number of imidazole rings is 1. The normalized spacial score (nSPS) is 11.6. The summed E-state index contributed by atoms with van der Waals surface area (Å²) in [5, 5.41) is 15.7. The number of rotatable bonds is 2. The van der Waals surface area contributed by atoms with Crippen LogP contribution >= 0.6 is 0 Å². The number of fused-ring (bicyclic) bond motifs is 1. The van der Waals surface area contributed by atoms with Crippen molar-refractivity contribution >= 4 is 17.4 Å². The summed E-state index contributed by atoms with van der Waals surface area (Å²) in [5.74, 6) is 0. The smallest absolute Gasteiger partial charge is 0.412 e. The Labute approximate surface area is 110 Å². The molecule has 0 saturated heterocycles. The molecular formula is C12H16N4O3. The monoisotopic (exact) mass is 264 g/mol. The number of aliphatic hydroxyl groups excluding tert-OH is 1. The lowest BCUT2D eigenvalue weighted by atomic mass is 10.2. The van der Waals surface area contributed by atoms with E-state index in [1.54, 1.807) is 33.0 Å². The minimum absolute atomic E-state index is 0.185. The third kappa shape index (κ3) is 3.19. The zero-order valence-electron chi connectivity index (χ0n) is 11.0. The number of ether oxygens (including phenoxy) is 1. The molecule has 0 aliphatic rings. The van der Waals surface area contributed by atoms with Gasteiger partial charge in [-0.05, 0) is 26.8 Å². The summed E-state index contributed by atoms with van der Waals surface area (Å²) in [6, 6.07) is 1.62. The van der Waals surface area contributed by atoms with Crippen LogP contribution < -0.4 is 5.32 Å². The Morgan fingerprint density at radius 1 is 1.53 bits per heavy atom. The second-order valence-electron chi connectivity index (χ2n) is 5.03. The highest BCUT2D eigenvalue weighted by Gasteiger charge is 2.17. The van der Waals surface area contributed by atoms with Gasteiger partial charge in [0.15, 0.2) is 5.65 Å². The first-order valence-electron chi connectivity index (χ1n) is 5.83. The first-order valence-corrected chi connectivity index (χ1v) is 5.83. The second-order valence-corrected chi connectivity index (χ2v) is 5.03. The fourth-order valence-corrected chi connectivity index (χ4v) is 1.53. The molecule has 0 atom stereocenters. The van der Waals surface area contributed by atoms with Crippen molar-refractivity contribution in [2.75, 3.05) is 5.32 Å². The molecule has 1 amide bonds. The molecule has 0 spiro atoms. The third-order valence-electron chi connectivity index (χ3n) is 2.21. The van der Waals surface area contributed by atoms with E-state index in [0.29, 0.717) is 17.0 Å². The second kappa shape index (κ2) is 4.85. The Bertz CT molecular complexity index is 601. The number of amides is 1. The van der Waals surface area contributed by atoms with E-state index in [1.807, 2.05) is 0 Å². The summed E-state index contributed by atoms with van der Waals surface area (Å²) in [6.07, 6.45) is 2.56. The van der Waals surface area contributed by atoms with Gasteiger partial charge in [-0.2, -0.15) is 5.10 Å². The predicted molar refractivity (Wildman–Crippen MR) is 68.8 cm³/mol. The van der Waals surface area contributed by atoms with E-state index in [1.165, 1.54) is 10.7 Å². The molecule has 2 aromatic heterocycles. The van der Waals surface area contributed by atoms with Crippen molar-refractivity contribution in [2.45, 2.75) is 33.0 Å². The maximum absolute atomic E-state index is 11.7. The highest BCUT2D eigenvalue weighted by molar-refractivity contribution is 5.89. The maximum Gasteiger partial charge on any atom is 0.412 e. The van der Waals surface area contributed by atoms with Crippen LogP contribution in [-0.2, 0) is 11.3 Å². The van der Waals surface area contributed by atoms with E-state index in [9.17, 15) is 4.79 Å². The van der Waals surface area contributed by atoms with Crippen LogP contribution in [0.15, 0.2) is 18.5 Å². The first-order chi connectivity index (χ1) is 8.89. The highest BCUT2D eigenvalue weighted by atomic mass is 16.6. The lowest BCUT2D eigenvalue weighted by Crippen LogP contribution is -2.27. The lowest BCUT2D eigenvalue weighted by Gasteiger charge is -2.19. The van der Waals surface area contributed by atoms with Crippen LogP contribution in [0, 0.1) is 0 Å². The van der Waals surface area contributed by atoms with Gasteiger partial charge in [-0.15, -0.1) is 0 Å². The maximum atomic E-state index is 11.7. The van der Waals surface area contributed by atoms with Crippen molar-refractivity contribution in [3.8, 4) is 0 Å². The van der Waals surface area contributed by atoms with Crippen LogP contribution in [-0.4, -0.2) is 31.4 Å². The SMILES string of the molecule is CC(C)(C)OC(=O)Nc1ccnn2cc(CO)nc12. The molecule has 2 N–H and O–H groups in total. The van der Waals surface area contributed by atoms with Gasteiger partial charge < -0.3 is 9.84 Å². The summed E-state index contributed by atoms with van der Waals surface area (Å²) in [6.45, 7) is 5.17. The molecule has 0 saturated carbocycles. The van der Waals surface area contributed by atoms with Gasteiger partial charge in [0.1, 0.15) is 5.60 Å². The molecular weight excluding hydrogens is 248 g/mol. The van der Waals surface area contributed by atoms with Gasteiger partial charge in [-0.3, -0.25) is 5.32 Å². The molecule has 2 rings (SSSR count). The van der Waals surface area contributed by atoms with Crippen molar-refractivity contribution in [1.29, 1.82) is 0 Å². The van der Waals surface area contributed by atoms with Crippen molar-refractivity contribution < 1.29 is 14.6 Å². The summed E-state index contributed by atoms with van der Waals surface area (Å²) < 4.78 is 6.65. The van der Waals surface area contributed by atoms with E-state index >= 15 is 0 Å². The van der Waals surface area contributed by atoms with Gasteiger partial charge >= 0.3 is 6.09 Å². The van der Waals surface area contributed by atoms with Gasteiger partial charge in [-0.25, -0.2) is 14.3 Å². The molecule has 102 valence electrons. The standard InChI is InChI=1S/C12H16N4O3/c1-12(2,3)19-11(18)15-9-4-5-13-16-6-8(7-17)14-10(9)16/h4-6,17H,7H2,1-3H3,(H,15,18). The van der Waals surface area contributed by atoms with E-state index in [0.717, 1.165) is 0 Å². The third-order valence-corrected chi connectivity index (χ3v) is 2.21. The number of anilines is 1. The van der Waals surface area contributed by atoms with E-state index < -0.39 is 11.7 Å². The molecule has 0 aliphatic heterocycles. The van der Waals surface area contributed by atoms with Gasteiger partial charge in [0.25, 0.3) is 0 Å². The van der Waals surface area contributed by atoms with Gasteiger partial charge in [0, 0.05) is 0 Å². The Balaban J connectivity index is 2.25. The minimum Gasteiger partial charge on any atom is -0.444 e. The van der Waals surface area contributed by atoms with Gasteiger partial charge in [0.05, 0.1) is 30.4 Å². The number of carbonyl (C=O) groups is 1. The molecule has 0 aromatic carbocycles. The molecule has 0 aliphatic carbocycles. The van der Waals surface area contributed by atoms with Crippen LogP contribution in [0.5, 0.6) is 0 Å². The number of aliphatic hydroxyl groups is 1. The minimum atomic E-state index is -0.570. The molecule has 7 nitrogen and oxygen atoms in total. The predicted octanol–water partition coefficient (Wildman–Crippen LogP) is 1.57. The van der Waals surface area contributed by atoms with Crippen LogP contribution in [0.1, 0.15) is 26.5 Å². The van der Waals surface area contributed by atoms with E-state index in [2.05, 4.69) is 15.4 Å². The van der Waals surface area contributed by atoms with E-state index in [-0.39, 0.29) is 6.61 Å². The number of hydrogen-bond acceptors (Lipinski definition) is 5. The zero-order chi connectivity index (χ0) is 14.0. The summed E-state index contributed by atoms with van der Waals surface area (Å²) in [4.78, 5) is 15.9. The summed E-state index contributed by atoms with van der Waals surface area (Å²) >= 11 is 0. The average molecular weight is 264 g/mol. The Morgan fingerprint density at radius 2 is 2.26 bits per heavy atom. The fraction of sp³-hybridized carbons (Fsp3) is 0.417. The van der Waals surface area contributed by atoms with Crippen molar-refractivity contribution in [3.63, 3.8) is 0 Å². The van der Waals surface area contributed by atoms with Gasteiger partial charge in [0.2, 0.25) is 0 Å². The highest BCUT2D eigenvalue weighted by Crippen LogP contribution is 2.16. The number of aromatic nitrogens is 3. The van der Waals surface area contributed by atoms with Crippen LogP contribution in [0.3, 0.4) is 0 Å². The Hall–Kier alpha value is -2.15. The quantitative estimate of drug-likeness (QED) is 0.859. The summed E-state index contributed by atoms with van der Waals surface area (Å²) in [7, 11) is 0. The molecule has 0 fully saturated rings. The van der Waals surface area contributed by atoms with Crippen molar-refractivity contribution in [3.05, 3.63) is 24.2 Å². The number of nitrogens with zero attached hydrogens (tertiary/aromatic N) is 3. The number of hydrogen-bond donors (Lipinski definition) is 2. The number of carbonyl (C=O) groups excluding carboxylic acids is 1. The molecule has 2 aromatic rings. The molecule has 19 heavy (non-hydrogen) atoms. The van der Waals surface area contributed by atoms with Crippen molar-refractivity contribution in [1.82, 2.24) is 14.6 Å². The van der Waals surface area contributed by atoms with Crippen LogP contribution in [0.25, 0.3) is 5.65 Å². The van der Waals surface area contributed by atoms with Crippen LogP contribution in [0.2, 0.25) is 0 Å². The Kier molecular flexibility index (Phi) is 3.39.